The van der Waals surface area contributed by atoms with Crippen molar-refractivity contribution in [1.82, 2.24) is 15.2 Å². The number of phenolic OH excluding ortho intramolecular Hbond substituents is 2. The van der Waals surface area contributed by atoms with Gasteiger partial charge in [-0.15, -0.1) is 23.1 Å². The van der Waals surface area contributed by atoms with Crippen LogP contribution in [-0.2, 0) is 28.8 Å². The molecule has 0 radical (unpaired) electrons. The molecule has 0 unspecified atom stereocenters. The molecule has 18 nitrogen and oxygen atoms in total. The first-order valence-corrected chi connectivity index (χ1v) is 20.0. The number of rotatable bonds is 13. The van der Waals surface area contributed by atoms with Crippen molar-refractivity contribution >= 4 is 81.0 Å². The quantitative estimate of drug-likeness (QED) is 0.0551. The summed E-state index contributed by atoms with van der Waals surface area (Å²) in [5.41, 5.74) is 4.30. The number of halogens is 4. The molecule has 5 aliphatic heterocycles. The molecule has 0 aliphatic carbocycles. The Balaban J connectivity index is 0.000000867. The Morgan fingerprint density at radius 3 is 2.27 bits per heavy atom. The summed E-state index contributed by atoms with van der Waals surface area (Å²) in [4.78, 5) is 83.5. The number of fused-ring (bicyclic) bond motifs is 4. The number of carboxylic acids is 3. The first-order chi connectivity index (χ1) is 27.4. The predicted molar refractivity (Wildman–Crippen MR) is 201 cm³/mol. The summed E-state index contributed by atoms with van der Waals surface area (Å²) in [5.74, 6) is -8.56. The number of carbonyl (C=O) groups excluding carboxylic acids is 4. The van der Waals surface area contributed by atoms with E-state index in [0.717, 1.165) is 50.2 Å². The first kappa shape index (κ1) is 45.0. The van der Waals surface area contributed by atoms with E-state index in [1.807, 2.05) is 0 Å². The smallest absolute Gasteiger partial charge is 0.430 e. The van der Waals surface area contributed by atoms with Gasteiger partial charge in [-0.3, -0.25) is 19.3 Å². The normalized spacial score (nSPS) is 24.0. The van der Waals surface area contributed by atoms with E-state index in [2.05, 4.69) is 15.5 Å². The highest BCUT2D eigenvalue weighted by Gasteiger charge is 2.56. The number of aromatic nitrogens is 1. The average molecular weight is 891 g/mol. The lowest BCUT2D eigenvalue weighted by atomic mass is 9.70. The molecule has 5 aliphatic rings. The fourth-order valence-corrected chi connectivity index (χ4v) is 9.40. The van der Waals surface area contributed by atoms with Crippen LogP contribution in [0.5, 0.6) is 11.5 Å². The molecule has 2 atom stereocenters. The van der Waals surface area contributed by atoms with E-state index >= 15 is 0 Å². The summed E-state index contributed by atoms with van der Waals surface area (Å²) >= 11 is 8.52. The number of β-lactam (4-membered cyclic amide) rings is 1. The van der Waals surface area contributed by atoms with Gasteiger partial charge in [0, 0.05) is 54.3 Å². The van der Waals surface area contributed by atoms with Crippen LogP contribution in [0.4, 0.5) is 18.3 Å². The molecule has 7 N–H and O–H groups in total. The van der Waals surface area contributed by atoms with Crippen molar-refractivity contribution in [1.29, 1.82) is 0 Å². The molecule has 2 amide bonds. The van der Waals surface area contributed by atoms with Crippen molar-refractivity contribution in [3.63, 3.8) is 0 Å². The third-order valence-corrected chi connectivity index (χ3v) is 13.2. The molecule has 4 fully saturated rings. The average Bonchev–Trinajstić information content (AvgIpc) is 3.60. The Bertz CT molecular complexity index is 2120. The van der Waals surface area contributed by atoms with Gasteiger partial charge in [-0.1, -0.05) is 16.8 Å². The van der Waals surface area contributed by atoms with Gasteiger partial charge in [-0.05, 0) is 26.0 Å². The molecular weight excluding hydrogens is 853 g/mol. The zero-order chi connectivity index (χ0) is 43.8. The number of aromatic hydroxyl groups is 2. The van der Waals surface area contributed by atoms with Crippen molar-refractivity contribution in [2.75, 3.05) is 44.2 Å². The molecule has 2 aromatic rings. The number of quaternary nitrogens is 1. The Labute approximate surface area is 346 Å². The SMILES string of the molecule is CC(C)(O/N=C(/C(=O)C[C@@H]1C(=O)N2C(C(=O)O)=C(C[N+]34CCC(CNC(=O)c5ccc(O)c(O)c5Cl)(CC3)CC4)CS[C@H]12)c1csc(N)n1)C(=O)O.O=C([O-])C(F)(F)F. The number of alkyl halides is 3. The van der Waals surface area contributed by atoms with Crippen LogP contribution in [0, 0.1) is 11.3 Å². The number of nitrogens with one attached hydrogen (secondary N) is 1. The van der Waals surface area contributed by atoms with Crippen LogP contribution in [0.2, 0.25) is 5.02 Å². The van der Waals surface area contributed by atoms with Crippen LogP contribution in [-0.4, -0.2) is 132 Å². The van der Waals surface area contributed by atoms with Crippen LogP contribution in [0.25, 0.3) is 0 Å². The molecule has 0 spiro atoms. The number of carboxylic acid groups (broad SMARTS) is 3. The van der Waals surface area contributed by atoms with Crippen LogP contribution in [0.1, 0.15) is 55.6 Å². The van der Waals surface area contributed by atoms with Crippen LogP contribution in [0.15, 0.2) is 33.9 Å². The van der Waals surface area contributed by atoms with Crippen LogP contribution >= 0.6 is 34.7 Å². The lowest BCUT2D eigenvalue weighted by Gasteiger charge is -2.56. The van der Waals surface area contributed by atoms with Gasteiger partial charge in [0.2, 0.25) is 11.5 Å². The summed E-state index contributed by atoms with van der Waals surface area (Å²) in [6.45, 7) is 5.67. The molecule has 320 valence electrons. The summed E-state index contributed by atoms with van der Waals surface area (Å²) in [5, 5.41) is 55.7. The number of aliphatic carboxylic acids is 3. The monoisotopic (exact) mass is 890 g/mol. The highest BCUT2D eigenvalue weighted by molar-refractivity contribution is 8.00. The third-order valence-electron chi connectivity index (χ3n) is 10.7. The maximum Gasteiger partial charge on any atom is 0.430 e. The summed E-state index contributed by atoms with van der Waals surface area (Å²) in [7, 11) is 0. The van der Waals surface area contributed by atoms with Crippen molar-refractivity contribution in [3.8, 4) is 11.5 Å². The summed E-state index contributed by atoms with van der Waals surface area (Å²) in [6, 6.07) is 2.55. The number of Topliss-reactive ketones (excluding diaryl/α,β-unsaturated/α-hetero) is 1. The lowest BCUT2D eigenvalue weighted by Crippen LogP contribution is -2.66. The van der Waals surface area contributed by atoms with E-state index in [9.17, 15) is 57.6 Å². The number of phenols is 2. The van der Waals surface area contributed by atoms with Crippen molar-refractivity contribution < 1.29 is 76.8 Å². The van der Waals surface area contributed by atoms with E-state index < -0.39 is 70.1 Å². The highest BCUT2D eigenvalue weighted by atomic mass is 35.5. The Kier molecular flexibility index (Phi) is 12.8. The lowest BCUT2D eigenvalue weighted by molar-refractivity contribution is -0.941. The number of oxime groups is 1. The number of piperidine rings is 3. The van der Waals surface area contributed by atoms with Crippen molar-refractivity contribution in [2.24, 2.45) is 16.5 Å². The topological polar surface area (TPSA) is 282 Å². The fourth-order valence-electron chi connectivity index (χ4n) is 7.21. The largest absolute Gasteiger partial charge is 0.542 e. The molecule has 0 saturated carbocycles. The molecule has 1 aromatic carbocycles. The van der Waals surface area contributed by atoms with E-state index in [1.165, 1.54) is 48.0 Å². The molecule has 4 saturated heterocycles. The Morgan fingerprint density at radius 1 is 1.14 bits per heavy atom. The highest BCUT2D eigenvalue weighted by Crippen LogP contribution is 2.48. The molecule has 6 heterocycles. The number of carbonyl (C=O) groups is 6. The second-order valence-corrected chi connectivity index (χ2v) is 17.4. The molecule has 2 bridgehead atoms. The van der Waals surface area contributed by atoms with Gasteiger partial charge < -0.3 is 50.7 Å². The van der Waals surface area contributed by atoms with Gasteiger partial charge in [-0.25, -0.2) is 14.6 Å². The number of benzene rings is 1. The second kappa shape index (κ2) is 16.9. The minimum absolute atomic E-state index is 0.0543. The third kappa shape index (κ3) is 9.52. The molecule has 59 heavy (non-hydrogen) atoms. The summed E-state index contributed by atoms with van der Waals surface area (Å²) < 4.78 is 32.2. The second-order valence-electron chi connectivity index (χ2n) is 15.0. The van der Waals surface area contributed by atoms with Gasteiger partial charge in [0.15, 0.2) is 28.1 Å². The number of amides is 2. The van der Waals surface area contributed by atoms with Gasteiger partial charge in [0.1, 0.15) is 23.9 Å². The maximum atomic E-state index is 13.5. The molecule has 24 heteroatoms. The van der Waals surface area contributed by atoms with Crippen molar-refractivity contribution in [3.05, 3.63) is 45.1 Å². The number of thiazole rings is 1. The standard InChI is InChI=1S/C33H37ClN6O10S2.C2HF3O2/c1-32(2,30(48)49)50-38-23(19-14-52-31(35)37-19)21(42)11-18-27(45)39-24(29(46)47)16(13-51-28(18)39)12-40-8-5-33(6-9-40,7-10-40)15-36-26(44)17-3-4-20(41)25(43)22(17)34;3-2(4,5)1(6)7/h3-4,14,18,28H,5-13,15H2,1-2H3,(H6-,35,36,37,38,41,42,43,44,46,47,48,49);(H,6,7)/t18-,28-,33?,40?;/m1./s1. The molecule has 1 aromatic heterocycles. The Hall–Kier alpha value is -5.13. The van der Waals surface area contributed by atoms with E-state index in [0.29, 0.717) is 28.9 Å². The zero-order valence-corrected chi connectivity index (χ0v) is 33.6. The zero-order valence-electron chi connectivity index (χ0n) is 31.2. The number of nitrogens with zero attached hydrogens (tertiary/aromatic N) is 4. The maximum absolute atomic E-state index is 13.5. The number of anilines is 1. The number of nitrogen functional groups attached to an aromatic ring is 1. The Morgan fingerprint density at radius 2 is 1.75 bits per heavy atom. The van der Waals surface area contributed by atoms with E-state index in [1.54, 1.807) is 0 Å². The van der Waals surface area contributed by atoms with Gasteiger partial charge >= 0.3 is 18.1 Å². The number of hydrogen-bond acceptors (Lipinski definition) is 15. The number of nitrogens with two attached hydrogens (primary N) is 1. The van der Waals surface area contributed by atoms with Crippen LogP contribution in [0.3, 0.4) is 0 Å². The van der Waals surface area contributed by atoms with Gasteiger partial charge in [-0.2, -0.15) is 13.2 Å². The first-order valence-electron chi connectivity index (χ1n) is 17.7. The van der Waals surface area contributed by atoms with E-state index in [4.69, 9.17) is 32.1 Å². The van der Waals surface area contributed by atoms with E-state index in [-0.39, 0.29) is 44.7 Å². The molecule has 7 rings (SSSR count). The van der Waals surface area contributed by atoms with Crippen molar-refractivity contribution in [2.45, 2.75) is 56.7 Å². The number of ketones is 1. The number of thioether (sulfide) groups is 1. The van der Waals surface area contributed by atoms with Crippen LogP contribution < -0.4 is 16.2 Å². The number of hydrogen-bond donors (Lipinski definition) is 6. The minimum Gasteiger partial charge on any atom is -0.542 e. The van der Waals surface area contributed by atoms with Gasteiger partial charge in [0.05, 0.1) is 41.5 Å². The molecular formula is C35H38ClF3N6O12S2. The minimum atomic E-state index is -5.19. The summed E-state index contributed by atoms with van der Waals surface area (Å²) in [6.07, 6.45) is -3.13. The fraction of sp³-hybridized carbons (Fsp3) is 0.486. The predicted octanol–water partition coefficient (Wildman–Crippen LogP) is 1.93. The van der Waals surface area contributed by atoms with Gasteiger partial charge in [0.25, 0.3) is 5.91 Å².